The highest BCUT2D eigenvalue weighted by Crippen LogP contribution is 2.41. The van der Waals surface area contributed by atoms with Gasteiger partial charge in [0.2, 0.25) is 5.91 Å². The van der Waals surface area contributed by atoms with Crippen molar-refractivity contribution in [1.82, 2.24) is 0 Å². The van der Waals surface area contributed by atoms with Crippen LogP contribution in [0.2, 0.25) is 5.02 Å². The number of amides is 1. The van der Waals surface area contributed by atoms with Gasteiger partial charge in [-0.25, -0.2) is 8.42 Å². The lowest BCUT2D eigenvalue weighted by Crippen LogP contribution is -2.39. The molecule has 1 N–H and O–H groups in total. The fourth-order valence-corrected chi connectivity index (χ4v) is 7.02. The number of nitrogens with one attached hydrogen (secondary N) is 1. The maximum atomic E-state index is 13.4. The zero-order valence-corrected chi connectivity index (χ0v) is 20.4. The van der Waals surface area contributed by atoms with Gasteiger partial charge in [-0.1, -0.05) is 48.5 Å². The largest absolute Gasteiger partial charge is 0.416 e. The number of carbonyl (C=O) groups is 1. The van der Waals surface area contributed by atoms with Crippen LogP contribution in [0.3, 0.4) is 0 Å². The van der Waals surface area contributed by atoms with Crippen LogP contribution in [-0.2, 0) is 27.2 Å². The van der Waals surface area contributed by atoms with E-state index in [1.165, 1.54) is 4.90 Å². The molecule has 34 heavy (non-hydrogen) atoms. The zero-order valence-electron chi connectivity index (χ0n) is 18.0. The summed E-state index contributed by atoms with van der Waals surface area (Å²) in [6.45, 7) is 1.97. The number of thioether (sulfide) groups is 1. The molecule has 0 aliphatic carbocycles. The summed E-state index contributed by atoms with van der Waals surface area (Å²) < 4.78 is 64.4. The summed E-state index contributed by atoms with van der Waals surface area (Å²) in [5, 5.41) is 3.14. The van der Waals surface area contributed by atoms with Crippen LogP contribution in [0.4, 0.5) is 24.5 Å². The lowest BCUT2D eigenvalue weighted by Gasteiger charge is -2.28. The normalized spacial score (nSPS) is 21.3. The lowest BCUT2D eigenvalue weighted by molar-refractivity contribution is -0.137. The molecule has 182 valence electrons. The molecule has 2 aliphatic rings. The average Bonchev–Trinajstić information content (AvgIpc) is 3.23. The summed E-state index contributed by atoms with van der Waals surface area (Å²) in [6.07, 6.45) is -3.87. The molecule has 2 heterocycles. The number of alkyl halides is 3. The number of carbonyl (C=O) groups excluding carboxylic acids is 1. The number of hydrogen-bond acceptors (Lipinski definition) is 6. The van der Waals surface area contributed by atoms with Crippen molar-refractivity contribution in [2.24, 2.45) is 4.99 Å². The Bertz CT molecular complexity index is 1250. The number of anilines is 2. The van der Waals surface area contributed by atoms with Crippen molar-refractivity contribution in [1.29, 1.82) is 0 Å². The molecule has 4 rings (SSSR count). The average molecular weight is 532 g/mol. The number of sulfone groups is 1. The third-order valence-corrected chi connectivity index (χ3v) is 8.63. The molecule has 0 unspecified atom stereocenters. The summed E-state index contributed by atoms with van der Waals surface area (Å²) in [5.41, 5.74) is 0.763. The Morgan fingerprint density at radius 3 is 2.68 bits per heavy atom. The van der Waals surface area contributed by atoms with Gasteiger partial charge in [0.05, 0.1) is 45.6 Å². The summed E-state index contributed by atoms with van der Waals surface area (Å²) >= 11 is 7.29. The number of aryl methyl sites for hydroxylation is 1. The summed E-state index contributed by atoms with van der Waals surface area (Å²) in [6, 6.07) is 8.95. The molecule has 1 saturated heterocycles. The van der Waals surface area contributed by atoms with E-state index in [0.29, 0.717) is 5.69 Å². The van der Waals surface area contributed by atoms with Gasteiger partial charge >= 0.3 is 6.18 Å². The standard InChI is InChI=1S/C22H21ClF3N3O3S2/c1-2-13-5-3-4-6-16(13)27-20(30)10-33-21-28-17-11-34(31,32)12-19(17)29(21)18-9-14(22(24,25)26)7-8-15(18)23/h3-9,17,19H,2,10-12H2,1H3,(H,27,30)/t17-,19-/m0/s1. The highest BCUT2D eigenvalue weighted by molar-refractivity contribution is 8.14. The number of fused-ring (bicyclic) bond motifs is 1. The van der Waals surface area contributed by atoms with Crippen LogP contribution in [0.15, 0.2) is 47.5 Å². The minimum absolute atomic E-state index is 0.0177. The van der Waals surface area contributed by atoms with Gasteiger partial charge in [-0.05, 0) is 36.2 Å². The number of benzene rings is 2. The van der Waals surface area contributed by atoms with Crippen LogP contribution in [0.1, 0.15) is 18.1 Å². The number of para-hydroxylation sites is 1. The van der Waals surface area contributed by atoms with Crippen molar-refractivity contribution < 1.29 is 26.4 Å². The second-order valence-electron chi connectivity index (χ2n) is 8.00. The molecule has 0 radical (unpaired) electrons. The highest BCUT2D eigenvalue weighted by Gasteiger charge is 2.48. The van der Waals surface area contributed by atoms with Crippen molar-refractivity contribution in [3.63, 3.8) is 0 Å². The number of aliphatic imine (C=N–C) groups is 1. The smallest absolute Gasteiger partial charge is 0.325 e. The number of amidine groups is 1. The molecule has 2 aliphatic heterocycles. The van der Waals surface area contributed by atoms with Crippen molar-refractivity contribution >= 4 is 55.6 Å². The fraction of sp³-hybridized carbons (Fsp3) is 0.364. The van der Waals surface area contributed by atoms with Crippen LogP contribution in [0.25, 0.3) is 0 Å². The van der Waals surface area contributed by atoms with E-state index in [0.717, 1.165) is 41.9 Å². The molecular weight excluding hydrogens is 511 g/mol. The van der Waals surface area contributed by atoms with Gasteiger partial charge in [0.15, 0.2) is 15.0 Å². The van der Waals surface area contributed by atoms with E-state index >= 15 is 0 Å². The fourth-order valence-electron chi connectivity index (χ4n) is 4.06. The molecule has 12 heteroatoms. The van der Waals surface area contributed by atoms with Crippen LogP contribution in [0.5, 0.6) is 0 Å². The Hall–Kier alpha value is -2.24. The van der Waals surface area contributed by atoms with Crippen molar-refractivity contribution in [2.75, 3.05) is 27.5 Å². The van der Waals surface area contributed by atoms with Gasteiger partial charge in [0.25, 0.3) is 0 Å². The molecule has 0 aromatic heterocycles. The van der Waals surface area contributed by atoms with Gasteiger partial charge in [-0.3, -0.25) is 9.79 Å². The maximum absolute atomic E-state index is 13.4. The minimum atomic E-state index is -4.60. The summed E-state index contributed by atoms with van der Waals surface area (Å²) in [5.74, 6) is -0.831. The first kappa shape index (κ1) is 24.9. The maximum Gasteiger partial charge on any atom is 0.416 e. The Kier molecular flexibility index (Phi) is 6.90. The van der Waals surface area contributed by atoms with E-state index < -0.39 is 33.7 Å². The molecular formula is C22H21ClF3N3O3S2. The van der Waals surface area contributed by atoms with E-state index in [-0.39, 0.29) is 39.0 Å². The molecule has 1 amide bonds. The molecule has 6 nitrogen and oxygen atoms in total. The first-order valence-electron chi connectivity index (χ1n) is 10.4. The van der Waals surface area contributed by atoms with Crippen LogP contribution in [0, 0.1) is 0 Å². The van der Waals surface area contributed by atoms with Crippen LogP contribution < -0.4 is 10.2 Å². The molecule has 2 aromatic rings. The highest BCUT2D eigenvalue weighted by atomic mass is 35.5. The molecule has 2 atom stereocenters. The van der Waals surface area contributed by atoms with E-state index in [1.807, 2.05) is 25.1 Å². The Morgan fingerprint density at radius 2 is 1.97 bits per heavy atom. The van der Waals surface area contributed by atoms with E-state index in [9.17, 15) is 26.4 Å². The third-order valence-electron chi connectivity index (χ3n) is 5.65. The van der Waals surface area contributed by atoms with Gasteiger partial charge in [-0.15, -0.1) is 0 Å². The van der Waals surface area contributed by atoms with Gasteiger partial charge < -0.3 is 10.2 Å². The lowest BCUT2D eigenvalue weighted by atomic mass is 10.1. The molecule has 1 fully saturated rings. The Labute approximate surface area is 204 Å². The molecule has 0 spiro atoms. The van der Waals surface area contributed by atoms with Crippen LogP contribution >= 0.6 is 23.4 Å². The Morgan fingerprint density at radius 1 is 1.24 bits per heavy atom. The third kappa shape index (κ3) is 5.21. The van der Waals surface area contributed by atoms with Gasteiger partial charge in [0, 0.05) is 5.69 Å². The monoisotopic (exact) mass is 531 g/mol. The van der Waals surface area contributed by atoms with Crippen LogP contribution in [-0.4, -0.2) is 48.8 Å². The van der Waals surface area contributed by atoms with Gasteiger partial charge in [-0.2, -0.15) is 13.2 Å². The molecule has 0 bridgehead atoms. The predicted molar refractivity (Wildman–Crippen MR) is 130 cm³/mol. The topological polar surface area (TPSA) is 78.8 Å². The first-order chi connectivity index (χ1) is 16.0. The van der Waals surface area contributed by atoms with E-state index in [1.54, 1.807) is 6.07 Å². The van der Waals surface area contributed by atoms with Crippen molar-refractivity contribution in [3.05, 3.63) is 58.6 Å². The SMILES string of the molecule is CCc1ccccc1NC(=O)CSC1=N[C@H]2CS(=O)(=O)C[C@@H]2N1c1cc(C(F)(F)F)ccc1Cl. The quantitative estimate of drug-likeness (QED) is 0.608. The first-order valence-corrected chi connectivity index (χ1v) is 13.6. The number of rotatable bonds is 5. The van der Waals surface area contributed by atoms with E-state index in [2.05, 4.69) is 10.3 Å². The van der Waals surface area contributed by atoms with Gasteiger partial charge in [0.1, 0.15) is 0 Å². The number of hydrogen-bond donors (Lipinski definition) is 1. The number of nitrogens with zero attached hydrogens (tertiary/aromatic N) is 2. The van der Waals surface area contributed by atoms with Crippen molar-refractivity contribution in [3.8, 4) is 0 Å². The molecule has 0 saturated carbocycles. The Balaban J connectivity index is 1.59. The summed E-state index contributed by atoms with van der Waals surface area (Å²) in [4.78, 5) is 18.5. The van der Waals surface area contributed by atoms with E-state index in [4.69, 9.17) is 11.6 Å². The second-order valence-corrected chi connectivity index (χ2v) is 11.5. The molecule has 2 aromatic carbocycles. The minimum Gasteiger partial charge on any atom is -0.325 e. The summed E-state index contributed by atoms with van der Waals surface area (Å²) in [7, 11) is -3.40. The zero-order chi connectivity index (χ0) is 24.7. The second kappa shape index (κ2) is 9.43. The number of halogens is 4. The predicted octanol–water partition coefficient (Wildman–Crippen LogP) is 4.63. The van der Waals surface area contributed by atoms with Crippen molar-refractivity contribution in [2.45, 2.75) is 31.6 Å².